The smallest absolute Gasteiger partial charge is 0.164 e. The van der Waals surface area contributed by atoms with E-state index in [1.165, 1.54) is 5.56 Å². The van der Waals surface area contributed by atoms with Crippen molar-refractivity contribution in [1.82, 2.24) is 9.80 Å². The largest absolute Gasteiger partial charge is 0.456 e. The summed E-state index contributed by atoms with van der Waals surface area (Å²) in [6, 6.07) is 22.8. The molecule has 3 aromatic carbocycles. The first-order valence-corrected chi connectivity index (χ1v) is 11.6. The maximum absolute atomic E-state index is 12.6. The fraction of sp³-hybridized carbons (Fsp3) is 0.269. The molecule has 0 aromatic heterocycles. The third-order valence-corrected chi connectivity index (χ3v) is 6.20. The Morgan fingerprint density at radius 2 is 1.53 bits per heavy atom. The number of halogens is 2. The minimum Gasteiger partial charge on any atom is -0.456 e. The topological polar surface area (TPSA) is 32.8 Å². The van der Waals surface area contributed by atoms with E-state index in [1.807, 2.05) is 6.07 Å². The highest BCUT2D eigenvalue weighted by Gasteiger charge is 2.18. The van der Waals surface area contributed by atoms with Crippen LogP contribution >= 0.6 is 23.2 Å². The second-order valence-electron chi connectivity index (χ2n) is 7.98. The van der Waals surface area contributed by atoms with Crippen LogP contribution in [0, 0.1) is 0 Å². The molecule has 0 saturated carbocycles. The number of carbonyl (C=O) groups is 1. The van der Waals surface area contributed by atoms with Crippen molar-refractivity contribution in [1.29, 1.82) is 0 Å². The molecule has 32 heavy (non-hydrogen) atoms. The number of ketones is 1. The van der Waals surface area contributed by atoms with Crippen LogP contribution in [0.3, 0.4) is 0 Å². The van der Waals surface area contributed by atoms with Gasteiger partial charge in [-0.25, -0.2) is 0 Å². The molecule has 0 spiro atoms. The van der Waals surface area contributed by atoms with Crippen LogP contribution in [0.25, 0.3) is 0 Å². The Bertz CT molecular complexity index is 1030. The van der Waals surface area contributed by atoms with Crippen LogP contribution in [0.1, 0.15) is 22.3 Å². The van der Waals surface area contributed by atoms with E-state index in [1.54, 1.807) is 42.5 Å². The molecule has 3 aromatic rings. The van der Waals surface area contributed by atoms with Crippen molar-refractivity contribution >= 4 is 29.0 Å². The zero-order chi connectivity index (χ0) is 22.3. The Morgan fingerprint density at radius 1 is 0.844 bits per heavy atom. The first kappa shape index (κ1) is 22.8. The third kappa shape index (κ3) is 6.33. The highest BCUT2D eigenvalue weighted by Crippen LogP contribution is 2.31. The lowest BCUT2D eigenvalue weighted by Crippen LogP contribution is -2.46. The average molecular weight is 469 g/mol. The molecule has 1 heterocycles. The van der Waals surface area contributed by atoms with E-state index in [0.717, 1.165) is 39.3 Å². The molecule has 4 rings (SSSR count). The van der Waals surface area contributed by atoms with Crippen LogP contribution in [0.15, 0.2) is 72.8 Å². The van der Waals surface area contributed by atoms with Gasteiger partial charge in [-0.2, -0.15) is 0 Å². The lowest BCUT2D eigenvalue weighted by molar-refractivity contribution is 0.0922. The molecule has 6 heteroatoms. The second kappa shape index (κ2) is 11.0. The monoisotopic (exact) mass is 468 g/mol. The first-order chi connectivity index (χ1) is 15.6. The predicted molar refractivity (Wildman–Crippen MR) is 130 cm³/mol. The van der Waals surface area contributed by atoms with Crippen LogP contribution in [-0.4, -0.2) is 48.3 Å². The molecule has 0 radical (unpaired) electrons. The van der Waals surface area contributed by atoms with Crippen molar-refractivity contribution < 1.29 is 9.53 Å². The van der Waals surface area contributed by atoms with Gasteiger partial charge in [0.05, 0.1) is 5.02 Å². The Hall–Kier alpha value is -2.37. The van der Waals surface area contributed by atoms with Gasteiger partial charge in [-0.05, 0) is 48.0 Å². The molecule has 1 fully saturated rings. The van der Waals surface area contributed by atoms with Gasteiger partial charge in [-0.15, -0.1) is 0 Å². The standard InChI is InChI=1S/C26H26Cl2N2O2/c27-22-8-11-26(24(28)18-22)32-23-9-6-21(7-10-23)25(31)12-13-29-14-16-30(17-15-29)19-20-4-2-1-3-5-20/h1-11,18H,12-17,19H2. The summed E-state index contributed by atoms with van der Waals surface area (Å²) >= 11 is 12.1. The maximum atomic E-state index is 12.6. The number of Topliss-reactive ketones (excluding diaryl/α,β-unsaturated/α-hetero) is 1. The summed E-state index contributed by atoms with van der Waals surface area (Å²) in [5, 5.41) is 1.00. The van der Waals surface area contributed by atoms with E-state index in [2.05, 4.69) is 34.1 Å². The number of piperazine rings is 1. The minimum atomic E-state index is 0.146. The van der Waals surface area contributed by atoms with E-state index in [9.17, 15) is 4.79 Å². The second-order valence-corrected chi connectivity index (χ2v) is 8.82. The Kier molecular flexibility index (Phi) is 7.82. The summed E-state index contributed by atoms with van der Waals surface area (Å²) in [6.07, 6.45) is 0.516. The number of carbonyl (C=O) groups excluding carboxylic acids is 1. The summed E-state index contributed by atoms with van der Waals surface area (Å²) in [5.74, 6) is 1.30. The number of ether oxygens (including phenoxy) is 1. The lowest BCUT2D eigenvalue weighted by atomic mass is 10.1. The van der Waals surface area contributed by atoms with E-state index < -0.39 is 0 Å². The van der Waals surface area contributed by atoms with Crippen LogP contribution in [0.2, 0.25) is 10.0 Å². The maximum Gasteiger partial charge on any atom is 0.164 e. The first-order valence-electron chi connectivity index (χ1n) is 10.8. The molecule has 1 aliphatic rings. The van der Waals surface area contributed by atoms with Crippen molar-refractivity contribution in [2.45, 2.75) is 13.0 Å². The van der Waals surface area contributed by atoms with E-state index >= 15 is 0 Å². The van der Waals surface area contributed by atoms with Gasteiger partial charge >= 0.3 is 0 Å². The molecule has 0 atom stereocenters. The number of nitrogens with zero attached hydrogens (tertiary/aromatic N) is 2. The SMILES string of the molecule is O=C(CCN1CCN(Cc2ccccc2)CC1)c1ccc(Oc2ccc(Cl)cc2Cl)cc1. The summed E-state index contributed by atoms with van der Waals surface area (Å²) in [7, 11) is 0. The normalized spacial score (nSPS) is 14.9. The van der Waals surface area contributed by atoms with Crippen LogP contribution < -0.4 is 4.74 Å². The molecule has 0 aliphatic carbocycles. The Labute approximate surface area is 199 Å². The number of hydrogen-bond donors (Lipinski definition) is 0. The fourth-order valence-electron chi connectivity index (χ4n) is 3.81. The lowest BCUT2D eigenvalue weighted by Gasteiger charge is -2.34. The van der Waals surface area contributed by atoms with Crippen molar-refractivity contribution in [3.63, 3.8) is 0 Å². The summed E-state index contributed by atoms with van der Waals surface area (Å²) in [5.41, 5.74) is 2.05. The van der Waals surface area contributed by atoms with E-state index in [-0.39, 0.29) is 5.78 Å². The summed E-state index contributed by atoms with van der Waals surface area (Å²) in [6.45, 7) is 5.83. The molecule has 166 valence electrons. The van der Waals surface area contributed by atoms with Crippen LogP contribution in [0.5, 0.6) is 11.5 Å². The number of hydrogen-bond acceptors (Lipinski definition) is 4. The van der Waals surface area contributed by atoms with Crippen molar-refractivity contribution in [2.75, 3.05) is 32.7 Å². The Morgan fingerprint density at radius 3 is 2.22 bits per heavy atom. The van der Waals surface area contributed by atoms with Gasteiger partial charge in [0.2, 0.25) is 0 Å². The molecule has 4 nitrogen and oxygen atoms in total. The molecule has 0 amide bonds. The number of rotatable bonds is 8. The molecule has 1 saturated heterocycles. The minimum absolute atomic E-state index is 0.146. The zero-order valence-corrected chi connectivity index (χ0v) is 19.4. The third-order valence-electron chi connectivity index (χ3n) is 5.67. The highest BCUT2D eigenvalue weighted by atomic mass is 35.5. The molecular weight excluding hydrogens is 443 g/mol. The average Bonchev–Trinajstić information content (AvgIpc) is 2.81. The molecule has 0 bridgehead atoms. The Balaban J connectivity index is 1.22. The fourth-order valence-corrected chi connectivity index (χ4v) is 4.26. The van der Waals surface area contributed by atoms with Crippen molar-refractivity contribution in [3.05, 3.63) is 94.0 Å². The van der Waals surface area contributed by atoms with Crippen LogP contribution in [0.4, 0.5) is 0 Å². The van der Waals surface area contributed by atoms with Crippen LogP contribution in [-0.2, 0) is 6.54 Å². The van der Waals surface area contributed by atoms with Gasteiger partial charge in [-0.1, -0.05) is 53.5 Å². The van der Waals surface area contributed by atoms with Gasteiger partial charge in [0.1, 0.15) is 11.5 Å². The van der Waals surface area contributed by atoms with Gasteiger partial charge in [0, 0.05) is 56.3 Å². The summed E-state index contributed by atoms with van der Waals surface area (Å²) < 4.78 is 5.79. The molecule has 1 aliphatic heterocycles. The van der Waals surface area contributed by atoms with E-state index in [0.29, 0.717) is 33.5 Å². The quantitative estimate of drug-likeness (QED) is 0.369. The van der Waals surface area contributed by atoms with Gasteiger partial charge in [0.25, 0.3) is 0 Å². The van der Waals surface area contributed by atoms with Gasteiger partial charge < -0.3 is 9.64 Å². The predicted octanol–water partition coefficient (Wildman–Crippen LogP) is 6.18. The molecular formula is C26H26Cl2N2O2. The molecule has 0 unspecified atom stereocenters. The zero-order valence-electron chi connectivity index (χ0n) is 17.8. The summed E-state index contributed by atoms with van der Waals surface area (Å²) in [4.78, 5) is 17.5. The highest BCUT2D eigenvalue weighted by molar-refractivity contribution is 6.35. The number of benzene rings is 3. The van der Waals surface area contributed by atoms with E-state index in [4.69, 9.17) is 27.9 Å². The van der Waals surface area contributed by atoms with Gasteiger partial charge in [0.15, 0.2) is 5.78 Å². The van der Waals surface area contributed by atoms with Gasteiger partial charge in [-0.3, -0.25) is 9.69 Å². The molecule has 0 N–H and O–H groups in total. The van der Waals surface area contributed by atoms with Crippen molar-refractivity contribution in [2.24, 2.45) is 0 Å². The van der Waals surface area contributed by atoms with Crippen molar-refractivity contribution in [3.8, 4) is 11.5 Å².